The minimum atomic E-state index is -0.341. The molecule has 5 heteroatoms. The Kier molecular flexibility index (Phi) is 6.12. The molecule has 2 rings (SSSR count). The molecule has 0 spiro atoms. The second kappa shape index (κ2) is 7.36. The summed E-state index contributed by atoms with van der Waals surface area (Å²) < 4.78 is 0. The molecule has 1 aliphatic heterocycles. The maximum Gasteiger partial charge on any atom is 0.224 e. The zero-order valence-electron chi connectivity index (χ0n) is 10.1. The highest BCUT2D eigenvalue weighted by molar-refractivity contribution is 5.85. The summed E-state index contributed by atoms with van der Waals surface area (Å²) in [7, 11) is 0. The van der Waals surface area contributed by atoms with E-state index in [0.29, 0.717) is 19.5 Å². The van der Waals surface area contributed by atoms with Gasteiger partial charge in [-0.3, -0.25) is 4.79 Å². The molecule has 1 aliphatic rings. The van der Waals surface area contributed by atoms with Gasteiger partial charge in [-0.2, -0.15) is 0 Å². The number of hydrogen-bond donors (Lipinski definition) is 3. The van der Waals surface area contributed by atoms with Crippen molar-refractivity contribution in [1.82, 2.24) is 10.6 Å². The van der Waals surface area contributed by atoms with Gasteiger partial charge in [-0.15, -0.1) is 12.4 Å². The van der Waals surface area contributed by atoms with Crippen molar-refractivity contribution in [3.8, 4) is 0 Å². The van der Waals surface area contributed by atoms with E-state index in [1.165, 1.54) is 0 Å². The smallest absolute Gasteiger partial charge is 0.224 e. The molecule has 1 saturated heterocycles. The van der Waals surface area contributed by atoms with Gasteiger partial charge in [0, 0.05) is 25.6 Å². The van der Waals surface area contributed by atoms with Gasteiger partial charge in [-0.05, 0) is 5.56 Å². The summed E-state index contributed by atoms with van der Waals surface area (Å²) in [4.78, 5) is 11.7. The topological polar surface area (TPSA) is 61.4 Å². The molecule has 0 saturated carbocycles. The van der Waals surface area contributed by atoms with Crippen molar-refractivity contribution < 1.29 is 9.90 Å². The van der Waals surface area contributed by atoms with Crippen molar-refractivity contribution in [3.63, 3.8) is 0 Å². The van der Waals surface area contributed by atoms with Crippen molar-refractivity contribution in [1.29, 1.82) is 0 Å². The summed E-state index contributed by atoms with van der Waals surface area (Å²) in [6.07, 6.45) is 0.0592. The number of aliphatic hydroxyl groups excluding tert-OH is 1. The molecule has 0 aromatic heterocycles. The Morgan fingerprint density at radius 1 is 1.33 bits per heavy atom. The average Bonchev–Trinajstić information content (AvgIpc) is 2.74. The third-order valence-electron chi connectivity index (χ3n) is 3.07. The third kappa shape index (κ3) is 4.29. The average molecular weight is 271 g/mol. The molecule has 0 radical (unpaired) electrons. The predicted octanol–water partition coefficient (Wildman–Crippen LogP) is 0.347. The third-order valence-corrected chi connectivity index (χ3v) is 3.07. The maximum absolute atomic E-state index is 11.7. The maximum atomic E-state index is 11.7. The van der Waals surface area contributed by atoms with Crippen LogP contribution in [0.1, 0.15) is 5.56 Å². The minimum Gasteiger partial charge on any atom is -0.391 e. The van der Waals surface area contributed by atoms with Crippen LogP contribution in [0.15, 0.2) is 30.3 Å². The van der Waals surface area contributed by atoms with E-state index in [0.717, 1.165) is 12.1 Å². The molecule has 2 unspecified atom stereocenters. The Bertz CT molecular complexity index is 373. The highest BCUT2D eigenvalue weighted by atomic mass is 35.5. The number of amides is 1. The summed E-state index contributed by atoms with van der Waals surface area (Å²) in [5.74, 6) is 0.144. The second-order valence-electron chi connectivity index (χ2n) is 4.45. The Morgan fingerprint density at radius 3 is 2.67 bits per heavy atom. The lowest BCUT2D eigenvalue weighted by Gasteiger charge is -2.14. The summed E-state index contributed by atoms with van der Waals surface area (Å²) >= 11 is 0. The van der Waals surface area contributed by atoms with Gasteiger partial charge in [0.15, 0.2) is 0 Å². The van der Waals surface area contributed by atoms with Crippen LogP contribution < -0.4 is 10.6 Å². The van der Waals surface area contributed by atoms with Crippen molar-refractivity contribution >= 4 is 18.3 Å². The van der Waals surface area contributed by atoms with Crippen LogP contribution in [-0.4, -0.2) is 36.8 Å². The Morgan fingerprint density at radius 2 is 2.06 bits per heavy atom. The van der Waals surface area contributed by atoms with Crippen LogP contribution >= 0.6 is 12.4 Å². The van der Waals surface area contributed by atoms with Crippen molar-refractivity contribution in [2.24, 2.45) is 5.92 Å². The summed E-state index contributed by atoms with van der Waals surface area (Å²) in [6, 6.07) is 9.65. The van der Waals surface area contributed by atoms with Gasteiger partial charge in [-0.1, -0.05) is 30.3 Å². The first-order valence-electron chi connectivity index (χ1n) is 5.95. The fraction of sp³-hybridized carbons (Fsp3) is 0.462. The lowest BCUT2D eigenvalue weighted by Crippen LogP contribution is -2.35. The molecule has 2 atom stereocenters. The number of carbonyl (C=O) groups is 1. The molecule has 100 valence electrons. The number of nitrogens with one attached hydrogen (secondary N) is 2. The van der Waals surface area contributed by atoms with Crippen LogP contribution in [-0.2, 0) is 11.2 Å². The first kappa shape index (κ1) is 15.0. The SMILES string of the molecule is Cl.O=C(Cc1ccccc1)NCC1CNCC1O. The normalized spacial score (nSPS) is 22.3. The molecule has 18 heavy (non-hydrogen) atoms. The quantitative estimate of drug-likeness (QED) is 0.740. The van der Waals surface area contributed by atoms with Crippen LogP contribution in [0.25, 0.3) is 0 Å². The van der Waals surface area contributed by atoms with Crippen LogP contribution in [0.4, 0.5) is 0 Å². The Hall–Kier alpha value is -1.10. The largest absolute Gasteiger partial charge is 0.391 e. The van der Waals surface area contributed by atoms with Crippen molar-refractivity contribution in [3.05, 3.63) is 35.9 Å². The second-order valence-corrected chi connectivity index (χ2v) is 4.45. The monoisotopic (exact) mass is 270 g/mol. The minimum absolute atomic E-state index is 0. The number of rotatable bonds is 4. The van der Waals surface area contributed by atoms with Gasteiger partial charge in [0.2, 0.25) is 5.91 Å². The van der Waals surface area contributed by atoms with Crippen LogP contribution in [0.2, 0.25) is 0 Å². The first-order valence-corrected chi connectivity index (χ1v) is 5.95. The van der Waals surface area contributed by atoms with Gasteiger partial charge >= 0.3 is 0 Å². The van der Waals surface area contributed by atoms with Gasteiger partial charge in [-0.25, -0.2) is 0 Å². The standard InChI is InChI=1S/C13H18N2O2.ClH/c16-12-9-14-7-11(12)8-15-13(17)6-10-4-2-1-3-5-10;/h1-5,11-12,14,16H,6-9H2,(H,15,17);1H. The van der Waals surface area contributed by atoms with E-state index >= 15 is 0 Å². The van der Waals surface area contributed by atoms with E-state index in [4.69, 9.17) is 0 Å². The summed E-state index contributed by atoms with van der Waals surface area (Å²) in [5, 5.41) is 15.5. The molecule has 0 aliphatic carbocycles. The number of hydrogen-bond acceptors (Lipinski definition) is 3. The number of carbonyl (C=O) groups excluding carboxylic acids is 1. The molecule has 1 aromatic rings. The van der Waals surface area contributed by atoms with E-state index < -0.39 is 0 Å². The van der Waals surface area contributed by atoms with Crippen LogP contribution in [0.3, 0.4) is 0 Å². The molecule has 1 aromatic carbocycles. The van der Waals surface area contributed by atoms with Gasteiger partial charge in [0.1, 0.15) is 0 Å². The zero-order chi connectivity index (χ0) is 12.1. The molecule has 3 N–H and O–H groups in total. The van der Waals surface area contributed by atoms with E-state index in [1.54, 1.807) is 0 Å². The molecular weight excluding hydrogens is 252 g/mol. The highest BCUT2D eigenvalue weighted by Gasteiger charge is 2.24. The highest BCUT2D eigenvalue weighted by Crippen LogP contribution is 2.07. The van der Waals surface area contributed by atoms with Gasteiger partial charge in [0.25, 0.3) is 0 Å². The number of β-amino-alcohol motifs (C(OH)–C–C–N with tert-alkyl or cyclic N) is 1. The molecule has 4 nitrogen and oxygen atoms in total. The van der Waals surface area contributed by atoms with Gasteiger partial charge < -0.3 is 15.7 Å². The fourth-order valence-electron chi connectivity index (χ4n) is 2.02. The number of aliphatic hydroxyl groups is 1. The van der Waals surface area contributed by atoms with Gasteiger partial charge in [0.05, 0.1) is 12.5 Å². The number of benzene rings is 1. The molecule has 1 fully saturated rings. The van der Waals surface area contributed by atoms with E-state index in [-0.39, 0.29) is 30.3 Å². The lowest BCUT2D eigenvalue weighted by atomic mass is 10.1. The lowest BCUT2D eigenvalue weighted by molar-refractivity contribution is -0.120. The van der Waals surface area contributed by atoms with Crippen molar-refractivity contribution in [2.75, 3.05) is 19.6 Å². The van der Waals surface area contributed by atoms with E-state index in [1.807, 2.05) is 30.3 Å². The Labute approximate surface area is 113 Å². The Balaban J connectivity index is 0.00000162. The molecule has 1 heterocycles. The summed E-state index contributed by atoms with van der Waals surface area (Å²) in [6.45, 7) is 1.94. The number of halogens is 1. The zero-order valence-corrected chi connectivity index (χ0v) is 11.0. The van der Waals surface area contributed by atoms with Crippen LogP contribution in [0, 0.1) is 5.92 Å². The van der Waals surface area contributed by atoms with Crippen molar-refractivity contribution in [2.45, 2.75) is 12.5 Å². The fourth-order valence-corrected chi connectivity index (χ4v) is 2.02. The molecule has 1 amide bonds. The van der Waals surface area contributed by atoms with E-state index in [9.17, 15) is 9.90 Å². The van der Waals surface area contributed by atoms with E-state index in [2.05, 4.69) is 10.6 Å². The summed E-state index contributed by atoms with van der Waals surface area (Å²) in [5.41, 5.74) is 1.01. The van der Waals surface area contributed by atoms with Crippen LogP contribution in [0.5, 0.6) is 0 Å². The molecule has 0 bridgehead atoms. The first-order chi connectivity index (χ1) is 8.25. The predicted molar refractivity (Wildman–Crippen MR) is 72.8 cm³/mol. The molecular formula is C13H19ClN2O2.